The van der Waals surface area contributed by atoms with Gasteiger partial charge in [-0.25, -0.2) is 17.5 Å². The van der Waals surface area contributed by atoms with Gasteiger partial charge in [-0.1, -0.05) is 24.6 Å². The van der Waals surface area contributed by atoms with Gasteiger partial charge in [-0.3, -0.25) is 14.9 Å². The van der Waals surface area contributed by atoms with Crippen LogP contribution in [0, 0.1) is 10.1 Å². The molecule has 1 saturated carbocycles. The maximum Gasteiger partial charge on any atom is 0.293 e. The Hall–Kier alpha value is -2.70. The molecule has 0 spiro atoms. The zero-order valence-corrected chi connectivity index (χ0v) is 22.7. The fraction of sp³-hybridized carbons (Fsp3) is 0.500. The van der Waals surface area contributed by atoms with Gasteiger partial charge in [0.25, 0.3) is 21.6 Å². The van der Waals surface area contributed by atoms with Crippen molar-refractivity contribution in [1.82, 2.24) is 9.62 Å². The highest BCUT2D eigenvalue weighted by Crippen LogP contribution is 2.33. The maximum atomic E-state index is 15.0. The normalized spacial score (nSPS) is 18.2. The molecule has 2 aromatic carbocycles. The van der Waals surface area contributed by atoms with Gasteiger partial charge in [0.1, 0.15) is 5.69 Å². The fourth-order valence-corrected chi connectivity index (χ4v) is 6.69. The lowest BCUT2D eigenvalue weighted by Crippen LogP contribution is -2.46. The van der Waals surface area contributed by atoms with Crippen molar-refractivity contribution in [2.45, 2.75) is 66.4 Å². The number of amides is 1. The summed E-state index contributed by atoms with van der Waals surface area (Å²) in [7, 11) is -4.49. The van der Waals surface area contributed by atoms with E-state index in [0.29, 0.717) is 18.6 Å². The Bertz CT molecular complexity index is 1240. The van der Waals surface area contributed by atoms with E-state index in [2.05, 4.69) is 10.2 Å². The summed E-state index contributed by atoms with van der Waals surface area (Å²) in [5, 5.41) is 15.2. The van der Waals surface area contributed by atoms with Gasteiger partial charge in [-0.05, 0) is 75.9 Å². The molecule has 1 aliphatic carbocycles. The molecule has 38 heavy (non-hydrogen) atoms. The molecular formula is C26H33FN4O5S2. The minimum absolute atomic E-state index is 0.0445. The van der Waals surface area contributed by atoms with E-state index in [4.69, 9.17) is 0 Å². The van der Waals surface area contributed by atoms with Crippen molar-refractivity contribution < 1.29 is 22.5 Å². The fourth-order valence-electron chi connectivity index (χ4n) is 4.64. The number of rotatable bonds is 12. The van der Waals surface area contributed by atoms with Crippen molar-refractivity contribution in [1.29, 1.82) is 0 Å². The summed E-state index contributed by atoms with van der Waals surface area (Å²) in [6, 6.07) is 13.2. The number of hydrogen-bond donors (Lipinski definition) is 2. The molecule has 4 rings (SSSR count). The van der Waals surface area contributed by atoms with Gasteiger partial charge in [-0.15, -0.1) is 11.8 Å². The lowest BCUT2D eigenvalue weighted by Gasteiger charge is -2.32. The second-order valence-corrected chi connectivity index (χ2v) is 12.6. The number of nitrogens with zero attached hydrogens (tertiary/aromatic N) is 2. The lowest BCUT2D eigenvalue weighted by atomic mass is 9.86. The van der Waals surface area contributed by atoms with Gasteiger partial charge >= 0.3 is 0 Å². The van der Waals surface area contributed by atoms with E-state index in [1.165, 1.54) is 18.6 Å². The van der Waals surface area contributed by atoms with Crippen molar-refractivity contribution in [3.8, 4) is 0 Å². The molecule has 1 amide bonds. The third-order valence-electron chi connectivity index (χ3n) is 7.05. The van der Waals surface area contributed by atoms with Crippen LogP contribution in [0.2, 0.25) is 0 Å². The van der Waals surface area contributed by atoms with Crippen LogP contribution in [0.4, 0.5) is 15.8 Å². The van der Waals surface area contributed by atoms with E-state index < -0.39 is 37.1 Å². The summed E-state index contributed by atoms with van der Waals surface area (Å²) in [6.45, 7) is 2.93. The van der Waals surface area contributed by atoms with Gasteiger partial charge in [0.15, 0.2) is 5.67 Å². The predicted octanol–water partition coefficient (Wildman–Crippen LogP) is 4.74. The largest absolute Gasteiger partial charge is 0.376 e. The first-order chi connectivity index (χ1) is 18.2. The molecule has 0 bridgehead atoms. The Labute approximate surface area is 226 Å². The SMILES string of the molecule is O=C(NS(=O)(=O)c1ccc(N[C@H](CCN2CCC2)CSc2ccccc2)c([N+](=O)[O-])c1)C1(F)CCCCC1. The molecule has 2 fully saturated rings. The average Bonchev–Trinajstić information content (AvgIpc) is 2.87. The first-order valence-corrected chi connectivity index (χ1v) is 15.3. The number of nitro groups is 1. The van der Waals surface area contributed by atoms with Crippen molar-refractivity contribution in [3.05, 3.63) is 58.6 Å². The summed E-state index contributed by atoms with van der Waals surface area (Å²) in [4.78, 5) is 26.7. The van der Waals surface area contributed by atoms with Crippen LogP contribution >= 0.6 is 11.8 Å². The third kappa shape index (κ3) is 7.23. The molecule has 0 unspecified atom stereocenters. The zero-order valence-electron chi connectivity index (χ0n) is 21.1. The number of halogens is 1. The highest BCUT2D eigenvalue weighted by atomic mass is 32.2. The number of nitrogens with one attached hydrogen (secondary N) is 2. The molecule has 1 heterocycles. The number of carbonyl (C=O) groups excluding carboxylic acids is 1. The van der Waals surface area contributed by atoms with Crippen LogP contribution in [0.15, 0.2) is 58.3 Å². The first kappa shape index (κ1) is 28.3. The minimum Gasteiger partial charge on any atom is -0.376 e. The van der Waals surface area contributed by atoms with Gasteiger partial charge in [0.05, 0.1) is 9.82 Å². The minimum atomic E-state index is -4.49. The Morgan fingerprint density at radius 3 is 2.45 bits per heavy atom. The number of likely N-dealkylation sites (tertiary alicyclic amines) is 1. The molecule has 1 atom stereocenters. The first-order valence-electron chi connectivity index (χ1n) is 12.9. The van der Waals surface area contributed by atoms with Gasteiger partial charge in [-0.2, -0.15) is 0 Å². The van der Waals surface area contributed by atoms with Crippen LogP contribution in [0.1, 0.15) is 44.9 Å². The summed E-state index contributed by atoms with van der Waals surface area (Å²) in [6.07, 6.45) is 3.61. The zero-order chi connectivity index (χ0) is 27.2. The molecule has 12 heteroatoms. The topological polar surface area (TPSA) is 122 Å². The second kappa shape index (κ2) is 12.4. The average molecular weight is 565 g/mol. The van der Waals surface area contributed by atoms with Crippen LogP contribution in [-0.2, 0) is 14.8 Å². The summed E-state index contributed by atoms with van der Waals surface area (Å²) >= 11 is 1.64. The Kier molecular flexibility index (Phi) is 9.27. The van der Waals surface area contributed by atoms with Crippen molar-refractivity contribution in [3.63, 3.8) is 0 Å². The Morgan fingerprint density at radius 1 is 1.11 bits per heavy atom. The summed E-state index contributed by atoms with van der Waals surface area (Å²) in [5.74, 6) is -0.560. The van der Waals surface area contributed by atoms with Gasteiger partial charge in [0, 0.05) is 29.3 Å². The van der Waals surface area contributed by atoms with Gasteiger partial charge < -0.3 is 10.2 Å². The Balaban J connectivity index is 1.50. The van der Waals surface area contributed by atoms with Crippen LogP contribution < -0.4 is 10.0 Å². The maximum absolute atomic E-state index is 15.0. The van der Waals surface area contributed by atoms with E-state index in [1.54, 1.807) is 16.5 Å². The molecule has 206 valence electrons. The van der Waals surface area contributed by atoms with E-state index in [1.807, 2.05) is 30.3 Å². The smallest absolute Gasteiger partial charge is 0.293 e. The van der Waals surface area contributed by atoms with Crippen LogP contribution in [-0.4, -0.2) is 61.2 Å². The number of hydrogen-bond acceptors (Lipinski definition) is 8. The number of sulfonamides is 1. The molecule has 0 radical (unpaired) electrons. The molecule has 1 aliphatic heterocycles. The molecule has 2 aliphatic rings. The highest BCUT2D eigenvalue weighted by Gasteiger charge is 2.41. The summed E-state index contributed by atoms with van der Waals surface area (Å²) in [5.41, 5.74) is -2.48. The second-order valence-electron chi connectivity index (χ2n) is 9.85. The predicted molar refractivity (Wildman–Crippen MR) is 146 cm³/mol. The van der Waals surface area contributed by atoms with E-state index in [0.717, 1.165) is 43.4 Å². The van der Waals surface area contributed by atoms with E-state index in [9.17, 15) is 27.7 Å². The van der Waals surface area contributed by atoms with Crippen molar-refractivity contribution in [2.24, 2.45) is 0 Å². The summed E-state index contributed by atoms with van der Waals surface area (Å²) < 4.78 is 42.5. The number of thioether (sulfide) groups is 1. The molecule has 9 nitrogen and oxygen atoms in total. The standard InChI is InChI=1S/C26H33FN4O5S2/c27-26(13-5-2-6-14-26)25(32)29-38(35,36)22-10-11-23(24(18-22)31(33)34)28-20(12-17-30-15-7-16-30)19-37-21-8-3-1-4-9-21/h1,3-4,8-11,18,20,28H,2,5-7,12-17,19H2,(H,29,32)/t20-/m1/s1. The number of alkyl halides is 1. The van der Waals surface area contributed by atoms with Crippen LogP contribution in [0.3, 0.4) is 0 Å². The molecule has 1 saturated heterocycles. The molecule has 2 aromatic rings. The number of nitro benzene ring substituents is 1. The Morgan fingerprint density at radius 2 is 1.82 bits per heavy atom. The molecular weight excluding hydrogens is 531 g/mol. The van der Waals surface area contributed by atoms with E-state index >= 15 is 0 Å². The molecule has 2 N–H and O–H groups in total. The van der Waals surface area contributed by atoms with Crippen LogP contribution in [0.5, 0.6) is 0 Å². The number of carbonyl (C=O) groups is 1. The quantitative estimate of drug-likeness (QED) is 0.215. The van der Waals surface area contributed by atoms with Crippen molar-refractivity contribution >= 4 is 39.1 Å². The monoisotopic (exact) mass is 564 g/mol. The molecule has 0 aromatic heterocycles. The van der Waals surface area contributed by atoms with Gasteiger partial charge in [0.2, 0.25) is 0 Å². The van der Waals surface area contributed by atoms with Crippen molar-refractivity contribution in [2.75, 3.05) is 30.7 Å². The lowest BCUT2D eigenvalue weighted by molar-refractivity contribution is -0.384. The highest BCUT2D eigenvalue weighted by molar-refractivity contribution is 7.99. The van der Waals surface area contributed by atoms with E-state index in [-0.39, 0.29) is 24.6 Å². The number of anilines is 1. The number of benzene rings is 2. The third-order valence-corrected chi connectivity index (χ3v) is 9.56. The van der Waals surface area contributed by atoms with Crippen LogP contribution in [0.25, 0.3) is 0 Å².